The van der Waals surface area contributed by atoms with Gasteiger partial charge in [-0.3, -0.25) is 9.36 Å². The summed E-state index contributed by atoms with van der Waals surface area (Å²) in [6.07, 6.45) is 5.69. The van der Waals surface area contributed by atoms with E-state index < -0.39 is 9.92 Å². The number of hydrogen-bond donors (Lipinski definition) is 2. The predicted octanol–water partition coefficient (Wildman–Crippen LogP) is 4.49. The number of rotatable bonds is 5. The summed E-state index contributed by atoms with van der Waals surface area (Å²) in [5, 5.41) is 4.08. The molecule has 1 atom stereocenters. The molecule has 0 amide bonds. The molecule has 4 rings (SSSR count). The molecular weight excluding hydrogens is 436 g/mol. The quantitative estimate of drug-likeness (QED) is 0.583. The first-order chi connectivity index (χ1) is 14.7. The molecular formula is C21H25ClN6O2S. The largest absolute Gasteiger partial charge is 0.324 e. The summed E-state index contributed by atoms with van der Waals surface area (Å²) in [4.78, 5) is 22.2. The summed E-state index contributed by atoms with van der Waals surface area (Å²) in [7, 11) is 0.224. The van der Waals surface area contributed by atoms with E-state index in [2.05, 4.69) is 15.3 Å². The number of anilines is 2. The lowest BCUT2D eigenvalue weighted by molar-refractivity contribution is 0.516. The second kappa shape index (κ2) is 8.22. The van der Waals surface area contributed by atoms with Gasteiger partial charge in [0.25, 0.3) is 5.56 Å². The molecule has 164 valence electrons. The summed E-state index contributed by atoms with van der Waals surface area (Å²) >= 11 is 6.19. The fourth-order valence-corrected chi connectivity index (χ4v) is 5.15. The molecule has 1 aliphatic rings. The lowest BCUT2D eigenvalue weighted by atomic mass is 10.2. The van der Waals surface area contributed by atoms with E-state index in [1.807, 2.05) is 6.92 Å². The highest BCUT2D eigenvalue weighted by atomic mass is 35.5. The van der Waals surface area contributed by atoms with Gasteiger partial charge in [0.1, 0.15) is 20.6 Å². The van der Waals surface area contributed by atoms with Crippen molar-refractivity contribution in [2.45, 2.75) is 43.5 Å². The van der Waals surface area contributed by atoms with Crippen LogP contribution in [0.15, 0.2) is 40.2 Å². The van der Waals surface area contributed by atoms with Crippen LogP contribution in [0.1, 0.15) is 37.3 Å². The Morgan fingerprint density at radius 1 is 1.26 bits per heavy atom. The topological polar surface area (TPSA) is 104 Å². The summed E-state index contributed by atoms with van der Waals surface area (Å²) < 4.78 is 23.8. The number of aromatic nitrogens is 3. The maximum absolute atomic E-state index is 12.8. The Labute approximate surface area is 186 Å². The van der Waals surface area contributed by atoms with E-state index >= 15 is 0 Å². The summed E-state index contributed by atoms with van der Waals surface area (Å²) in [6.45, 7) is 1.87. The number of fused-ring (bicyclic) bond motifs is 1. The zero-order valence-electron chi connectivity index (χ0n) is 17.7. The highest BCUT2D eigenvalue weighted by Gasteiger charge is 2.22. The van der Waals surface area contributed by atoms with Crippen LogP contribution in [0.2, 0.25) is 5.02 Å². The van der Waals surface area contributed by atoms with Crippen LogP contribution in [0, 0.1) is 11.7 Å². The van der Waals surface area contributed by atoms with Gasteiger partial charge in [-0.25, -0.2) is 18.3 Å². The normalized spacial score (nSPS) is 16.7. The lowest BCUT2D eigenvalue weighted by Crippen LogP contribution is -2.25. The van der Waals surface area contributed by atoms with Crippen molar-refractivity contribution in [1.29, 1.82) is 4.78 Å². The van der Waals surface area contributed by atoms with Gasteiger partial charge in [0.05, 0.1) is 4.90 Å². The summed E-state index contributed by atoms with van der Waals surface area (Å²) in [5.41, 5.74) is 1.89. The zero-order chi connectivity index (χ0) is 22.3. The predicted molar refractivity (Wildman–Crippen MR) is 124 cm³/mol. The van der Waals surface area contributed by atoms with E-state index in [1.165, 1.54) is 4.31 Å². The van der Waals surface area contributed by atoms with E-state index in [0.29, 0.717) is 21.9 Å². The number of nitrogens with one attached hydrogen (secondary N) is 2. The molecule has 1 aliphatic carbocycles. The van der Waals surface area contributed by atoms with E-state index in [4.69, 9.17) is 16.4 Å². The van der Waals surface area contributed by atoms with Crippen molar-refractivity contribution in [3.63, 3.8) is 0 Å². The molecule has 1 fully saturated rings. The van der Waals surface area contributed by atoms with Crippen LogP contribution < -0.4 is 10.9 Å². The van der Waals surface area contributed by atoms with Crippen LogP contribution in [-0.4, -0.2) is 37.1 Å². The highest BCUT2D eigenvalue weighted by Crippen LogP contribution is 2.31. The minimum absolute atomic E-state index is 0.0914. The van der Waals surface area contributed by atoms with Crippen molar-refractivity contribution in [3.05, 3.63) is 51.4 Å². The van der Waals surface area contributed by atoms with Gasteiger partial charge in [-0.2, -0.15) is 4.98 Å². The Kier molecular flexibility index (Phi) is 5.76. The molecule has 0 saturated heterocycles. The second-order valence-corrected chi connectivity index (χ2v) is 10.7. The van der Waals surface area contributed by atoms with E-state index in [0.717, 1.165) is 36.9 Å². The molecule has 2 N–H and O–H groups in total. The van der Waals surface area contributed by atoms with Crippen molar-refractivity contribution >= 4 is 44.2 Å². The average Bonchev–Trinajstić information content (AvgIpc) is 3.25. The standard InChI is InChI=1S/C21H25ClN6O2S/c1-13-10-16(31(23,30)27(2)3)8-9-18(13)25-21-24-12-14-11-17(22)20(29)28(19(14)26-21)15-6-4-5-7-15/h8-12,15,23H,4-7H2,1-3H3,(H,24,25,26). The number of pyridine rings is 1. The van der Waals surface area contributed by atoms with E-state index in [9.17, 15) is 9.00 Å². The number of aryl methyl sites for hydroxylation is 1. The number of nitrogens with zero attached hydrogens (tertiary/aromatic N) is 4. The Morgan fingerprint density at radius 2 is 1.97 bits per heavy atom. The Balaban J connectivity index is 1.74. The molecule has 2 heterocycles. The van der Waals surface area contributed by atoms with Crippen LogP contribution in [0.3, 0.4) is 0 Å². The van der Waals surface area contributed by atoms with Gasteiger partial charge in [-0.1, -0.05) is 24.4 Å². The Morgan fingerprint density at radius 3 is 2.61 bits per heavy atom. The van der Waals surface area contributed by atoms with E-state index in [1.54, 1.807) is 49.1 Å². The number of benzene rings is 1. The summed E-state index contributed by atoms with van der Waals surface area (Å²) in [6, 6.07) is 6.86. The van der Waals surface area contributed by atoms with Gasteiger partial charge in [0.15, 0.2) is 0 Å². The minimum Gasteiger partial charge on any atom is -0.324 e. The Hall–Kier alpha value is -2.49. The third-order valence-electron chi connectivity index (χ3n) is 5.70. The van der Waals surface area contributed by atoms with Gasteiger partial charge < -0.3 is 5.32 Å². The van der Waals surface area contributed by atoms with Crippen molar-refractivity contribution in [1.82, 2.24) is 18.8 Å². The fourth-order valence-electron chi connectivity index (χ4n) is 3.93. The first kappa shape index (κ1) is 21.7. The van der Waals surface area contributed by atoms with Crippen molar-refractivity contribution in [2.75, 3.05) is 19.4 Å². The summed E-state index contributed by atoms with van der Waals surface area (Å²) in [5.74, 6) is 0.357. The lowest BCUT2D eigenvalue weighted by Gasteiger charge is -2.18. The molecule has 0 aliphatic heterocycles. The van der Waals surface area contributed by atoms with Crippen LogP contribution >= 0.6 is 11.6 Å². The van der Waals surface area contributed by atoms with Gasteiger partial charge >= 0.3 is 0 Å². The van der Waals surface area contributed by atoms with Gasteiger partial charge in [0.2, 0.25) is 5.95 Å². The van der Waals surface area contributed by atoms with Gasteiger partial charge in [0, 0.05) is 37.4 Å². The van der Waals surface area contributed by atoms with Gasteiger partial charge in [-0.15, -0.1) is 0 Å². The maximum atomic E-state index is 12.8. The van der Waals surface area contributed by atoms with Crippen molar-refractivity contribution < 1.29 is 4.21 Å². The SMILES string of the molecule is Cc1cc(S(=N)(=O)N(C)C)ccc1Nc1ncc2cc(Cl)c(=O)n(C3CCCC3)c2n1. The number of hydrogen-bond acceptors (Lipinski definition) is 6. The third kappa shape index (κ3) is 4.05. The molecule has 0 radical (unpaired) electrons. The van der Waals surface area contributed by atoms with Gasteiger partial charge in [-0.05, 0) is 49.6 Å². The van der Waals surface area contributed by atoms with Crippen molar-refractivity contribution in [3.8, 4) is 0 Å². The first-order valence-electron chi connectivity index (χ1n) is 10.1. The number of halogens is 1. The highest BCUT2D eigenvalue weighted by molar-refractivity contribution is 7.90. The molecule has 0 bridgehead atoms. The third-order valence-corrected chi connectivity index (χ3v) is 7.89. The van der Waals surface area contributed by atoms with Crippen molar-refractivity contribution in [2.24, 2.45) is 0 Å². The zero-order valence-corrected chi connectivity index (χ0v) is 19.3. The van der Waals surface area contributed by atoms with Crippen LogP contribution in [-0.2, 0) is 9.92 Å². The molecule has 3 aromatic rings. The molecule has 8 nitrogen and oxygen atoms in total. The molecule has 31 heavy (non-hydrogen) atoms. The maximum Gasteiger partial charge on any atom is 0.271 e. The molecule has 1 aromatic carbocycles. The molecule has 10 heteroatoms. The van der Waals surface area contributed by atoms with Crippen LogP contribution in [0.25, 0.3) is 11.0 Å². The van der Waals surface area contributed by atoms with Crippen LogP contribution in [0.5, 0.6) is 0 Å². The van der Waals surface area contributed by atoms with Crippen LogP contribution in [0.4, 0.5) is 11.6 Å². The molecule has 1 unspecified atom stereocenters. The fraction of sp³-hybridized carbons (Fsp3) is 0.381. The van der Waals surface area contributed by atoms with E-state index in [-0.39, 0.29) is 16.6 Å². The average molecular weight is 461 g/mol. The molecule has 2 aromatic heterocycles. The second-order valence-electron chi connectivity index (χ2n) is 8.02. The Bertz CT molecular complexity index is 1310. The minimum atomic E-state index is -3.02. The smallest absolute Gasteiger partial charge is 0.271 e. The molecule has 0 spiro atoms. The monoisotopic (exact) mass is 460 g/mol. The first-order valence-corrected chi connectivity index (χ1v) is 12.0. The molecule has 1 saturated carbocycles.